The van der Waals surface area contributed by atoms with E-state index in [1.165, 1.54) is 16.8 Å². The summed E-state index contributed by atoms with van der Waals surface area (Å²) in [5.41, 5.74) is 0.201. The third kappa shape index (κ3) is 3.55. The molecule has 17 heavy (non-hydrogen) atoms. The molecule has 1 rings (SSSR count). The molecule has 1 aromatic rings. The number of hydrogen-bond acceptors (Lipinski definition) is 4. The minimum absolute atomic E-state index is 0.0180. The van der Waals surface area contributed by atoms with Crippen LogP contribution < -0.4 is 10.5 Å². The highest BCUT2D eigenvalue weighted by molar-refractivity contribution is 7.89. The summed E-state index contributed by atoms with van der Waals surface area (Å²) in [6, 6.07) is 1.21. The molecule has 96 valence electrons. The molecule has 0 bridgehead atoms. The smallest absolute Gasteiger partial charge is 0.267 e. The Bertz CT molecular complexity index is 506. The molecule has 0 saturated carbocycles. The highest BCUT2D eigenvalue weighted by Crippen LogP contribution is 2.11. The van der Waals surface area contributed by atoms with Gasteiger partial charge in [0.05, 0.1) is 0 Å². The summed E-state index contributed by atoms with van der Waals surface area (Å²) in [4.78, 5) is 11.5. The third-order valence-electron chi connectivity index (χ3n) is 2.16. The van der Waals surface area contributed by atoms with Gasteiger partial charge in [0.25, 0.3) is 5.91 Å². The number of nitrogens with one attached hydrogen (secondary N) is 1. The van der Waals surface area contributed by atoms with E-state index in [-0.39, 0.29) is 17.2 Å². The van der Waals surface area contributed by atoms with Crippen LogP contribution in [0.3, 0.4) is 0 Å². The molecule has 0 radical (unpaired) electrons. The number of carbonyl (C=O) groups is 1. The number of carbonyl (C=O) groups excluding carboxylic acids is 1. The summed E-state index contributed by atoms with van der Waals surface area (Å²) in [6.45, 7) is 0.307. The van der Waals surface area contributed by atoms with Gasteiger partial charge in [-0.15, -0.1) is 0 Å². The molecule has 0 unspecified atom stereocenters. The molecule has 1 amide bonds. The lowest BCUT2D eigenvalue weighted by Gasteiger charge is -2.04. The van der Waals surface area contributed by atoms with Crippen molar-refractivity contribution in [3.63, 3.8) is 0 Å². The van der Waals surface area contributed by atoms with Crippen LogP contribution in [0.2, 0.25) is 0 Å². The first-order valence-corrected chi connectivity index (χ1v) is 6.49. The van der Waals surface area contributed by atoms with Gasteiger partial charge in [0.1, 0.15) is 10.6 Å². The van der Waals surface area contributed by atoms with Gasteiger partial charge < -0.3 is 15.0 Å². The Balaban J connectivity index is 2.85. The molecule has 7 nitrogen and oxygen atoms in total. The predicted octanol–water partition coefficient (Wildman–Crippen LogP) is -1.22. The molecule has 0 aliphatic rings. The second-order valence-corrected chi connectivity index (χ2v) is 5.11. The van der Waals surface area contributed by atoms with Crippen molar-refractivity contribution in [3.05, 3.63) is 18.0 Å². The van der Waals surface area contributed by atoms with E-state index in [1.807, 2.05) is 0 Å². The summed E-state index contributed by atoms with van der Waals surface area (Å²) >= 11 is 0. The van der Waals surface area contributed by atoms with Gasteiger partial charge in [-0.25, -0.2) is 13.6 Å². The maximum absolute atomic E-state index is 11.6. The summed E-state index contributed by atoms with van der Waals surface area (Å²) in [6.07, 6.45) is 1.72. The first-order chi connectivity index (χ1) is 7.86. The number of sulfonamides is 1. The van der Waals surface area contributed by atoms with E-state index in [9.17, 15) is 13.2 Å². The number of primary sulfonamides is 1. The Morgan fingerprint density at radius 3 is 2.71 bits per heavy atom. The average Bonchev–Trinajstić information content (AvgIpc) is 2.60. The average molecular weight is 261 g/mol. The van der Waals surface area contributed by atoms with Crippen LogP contribution in [0.5, 0.6) is 0 Å². The molecule has 1 aromatic heterocycles. The van der Waals surface area contributed by atoms with Gasteiger partial charge in [0.15, 0.2) is 0 Å². The highest BCUT2D eigenvalue weighted by Gasteiger charge is 2.16. The highest BCUT2D eigenvalue weighted by atomic mass is 32.2. The van der Waals surface area contributed by atoms with Crippen LogP contribution >= 0.6 is 0 Å². The van der Waals surface area contributed by atoms with Crippen LogP contribution in [0.25, 0.3) is 0 Å². The van der Waals surface area contributed by atoms with Gasteiger partial charge in [0.2, 0.25) is 10.0 Å². The lowest BCUT2D eigenvalue weighted by Crippen LogP contribution is -2.26. The summed E-state index contributed by atoms with van der Waals surface area (Å²) in [7, 11) is -2.25. The van der Waals surface area contributed by atoms with Crippen LogP contribution in [-0.2, 0) is 17.1 Å². The van der Waals surface area contributed by atoms with Crippen LogP contribution in [-0.4, -0.2) is 37.2 Å². The van der Waals surface area contributed by atoms with Crippen LogP contribution in [0.1, 0.15) is 16.9 Å². The quantitative estimate of drug-likeness (QED) is 0.576. The minimum atomic E-state index is -3.80. The zero-order valence-electron chi connectivity index (χ0n) is 9.38. The fraction of sp³-hybridized carbons (Fsp3) is 0.444. The molecule has 0 aliphatic carbocycles. The van der Waals surface area contributed by atoms with Crippen LogP contribution in [0.4, 0.5) is 0 Å². The van der Waals surface area contributed by atoms with Gasteiger partial charge in [0, 0.05) is 26.4 Å². The van der Waals surface area contributed by atoms with Gasteiger partial charge in [-0.2, -0.15) is 0 Å². The second-order valence-electron chi connectivity index (χ2n) is 3.55. The van der Waals surface area contributed by atoms with Crippen molar-refractivity contribution in [3.8, 4) is 0 Å². The summed E-state index contributed by atoms with van der Waals surface area (Å²) in [5.74, 6) is -0.407. The van der Waals surface area contributed by atoms with E-state index in [0.29, 0.717) is 13.0 Å². The van der Waals surface area contributed by atoms with Gasteiger partial charge in [-0.3, -0.25) is 4.79 Å². The van der Waals surface area contributed by atoms with Gasteiger partial charge >= 0.3 is 0 Å². The molecule has 0 aliphatic heterocycles. The topological polar surface area (TPSA) is 114 Å². The first kappa shape index (κ1) is 13.7. The molecular formula is C9H15N3O4S. The van der Waals surface area contributed by atoms with E-state index in [2.05, 4.69) is 5.32 Å². The lowest BCUT2D eigenvalue weighted by molar-refractivity contribution is 0.0943. The SMILES string of the molecule is Cn1cc(S(N)(=O)=O)cc1C(=O)NCCCO. The summed E-state index contributed by atoms with van der Waals surface area (Å²) in [5, 5.41) is 16.1. The fourth-order valence-corrected chi connectivity index (χ4v) is 1.87. The molecule has 8 heteroatoms. The number of rotatable bonds is 5. The van der Waals surface area contributed by atoms with E-state index in [4.69, 9.17) is 10.2 Å². The number of aromatic nitrogens is 1. The van der Waals surface area contributed by atoms with Crippen molar-refractivity contribution in [2.75, 3.05) is 13.2 Å². The normalized spacial score (nSPS) is 11.5. The molecule has 4 N–H and O–H groups in total. The van der Waals surface area contributed by atoms with E-state index in [1.54, 1.807) is 7.05 Å². The van der Waals surface area contributed by atoms with E-state index >= 15 is 0 Å². The Morgan fingerprint density at radius 2 is 2.24 bits per heavy atom. The maximum Gasteiger partial charge on any atom is 0.267 e. The molecule has 0 aromatic carbocycles. The Kier molecular flexibility index (Phi) is 4.27. The number of hydrogen-bond donors (Lipinski definition) is 3. The summed E-state index contributed by atoms with van der Waals surface area (Å²) < 4.78 is 23.5. The van der Waals surface area contributed by atoms with Gasteiger partial charge in [-0.05, 0) is 12.5 Å². The first-order valence-electron chi connectivity index (χ1n) is 4.94. The Morgan fingerprint density at radius 1 is 1.59 bits per heavy atom. The predicted molar refractivity (Wildman–Crippen MR) is 60.8 cm³/mol. The van der Waals surface area contributed by atoms with Crippen molar-refractivity contribution in [2.45, 2.75) is 11.3 Å². The number of amides is 1. The second kappa shape index (κ2) is 5.30. The van der Waals surface area contributed by atoms with E-state index < -0.39 is 15.9 Å². The van der Waals surface area contributed by atoms with Crippen molar-refractivity contribution < 1.29 is 18.3 Å². The molecule has 0 saturated heterocycles. The Hall–Kier alpha value is -1.38. The molecule has 0 atom stereocenters. The van der Waals surface area contributed by atoms with Gasteiger partial charge in [-0.1, -0.05) is 0 Å². The van der Waals surface area contributed by atoms with Crippen molar-refractivity contribution in [1.82, 2.24) is 9.88 Å². The van der Waals surface area contributed by atoms with Crippen LogP contribution in [0.15, 0.2) is 17.2 Å². The molecular weight excluding hydrogens is 246 g/mol. The maximum atomic E-state index is 11.6. The zero-order chi connectivity index (χ0) is 13.1. The number of nitrogens with two attached hydrogens (primary N) is 1. The van der Waals surface area contributed by atoms with Crippen molar-refractivity contribution in [1.29, 1.82) is 0 Å². The number of aliphatic hydroxyl groups excluding tert-OH is 1. The van der Waals surface area contributed by atoms with Crippen molar-refractivity contribution in [2.24, 2.45) is 12.2 Å². The monoisotopic (exact) mass is 261 g/mol. The van der Waals surface area contributed by atoms with E-state index in [0.717, 1.165) is 0 Å². The minimum Gasteiger partial charge on any atom is -0.396 e. The molecule has 1 heterocycles. The standard InChI is InChI=1S/C9H15N3O4S/c1-12-6-7(17(10,15)16)5-8(12)9(14)11-3-2-4-13/h5-6,13H,2-4H2,1H3,(H,11,14)(H2,10,15,16). The largest absolute Gasteiger partial charge is 0.396 e. The lowest BCUT2D eigenvalue weighted by atomic mass is 10.3. The zero-order valence-corrected chi connectivity index (χ0v) is 10.2. The molecule has 0 fully saturated rings. The third-order valence-corrected chi connectivity index (χ3v) is 3.04. The fourth-order valence-electron chi connectivity index (χ4n) is 1.29. The number of aryl methyl sites for hydroxylation is 1. The molecule has 0 spiro atoms. The van der Waals surface area contributed by atoms with Crippen LogP contribution in [0, 0.1) is 0 Å². The Labute approximate surface area is 99.3 Å². The van der Waals surface area contributed by atoms with Crippen molar-refractivity contribution >= 4 is 15.9 Å². The number of nitrogens with zero attached hydrogens (tertiary/aromatic N) is 1. The number of aliphatic hydroxyl groups is 1.